The smallest absolute Gasteiger partial charge is 0.123 e. The zero-order valence-electron chi connectivity index (χ0n) is 10.5. The van der Waals surface area contributed by atoms with E-state index in [0.717, 1.165) is 32.0 Å². The lowest BCUT2D eigenvalue weighted by molar-refractivity contribution is 0.246. The summed E-state index contributed by atoms with van der Waals surface area (Å²) >= 11 is 8.17. The van der Waals surface area contributed by atoms with Crippen molar-refractivity contribution in [3.05, 3.63) is 56.4 Å². The fourth-order valence-electron chi connectivity index (χ4n) is 2.26. The molecular weight excluding hydrogens is 392 g/mol. The molecule has 0 saturated carbocycles. The molecule has 0 bridgehead atoms. The molecule has 1 heterocycles. The van der Waals surface area contributed by atoms with Gasteiger partial charge in [0.15, 0.2) is 0 Å². The number of hydrogen-bond donors (Lipinski definition) is 1. The van der Waals surface area contributed by atoms with Gasteiger partial charge in [-0.2, -0.15) is 0 Å². The number of rotatable bonds is 3. The number of anilines is 1. The van der Waals surface area contributed by atoms with Crippen LogP contribution in [-0.2, 0) is 6.42 Å². The van der Waals surface area contributed by atoms with Gasteiger partial charge in [0, 0.05) is 26.3 Å². The summed E-state index contributed by atoms with van der Waals surface area (Å²) in [4.78, 5) is 0. The van der Waals surface area contributed by atoms with Crippen molar-refractivity contribution >= 4 is 39.9 Å². The minimum Gasteiger partial charge on any atom is -0.488 e. The highest BCUT2D eigenvalue weighted by Crippen LogP contribution is 2.30. The van der Waals surface area contributed by atoms with Crippen LogP contribution in [0.15, 0.2) is 36.4 Å². The molecule has 2 aromatic carbocycles. The fourth-order valence-corrected chi connectivity index (χ4v) is 3.32. The molecule has 0 aromatic heterocycles. The molecule has 1 unspecified atom stereocenters. The lowest BCUT2D eigenvalue weighted by Gasteiger charge is -2.14. The first-order valence-corrected chi connectivity index (χ1v) is 7.71. The third kappa shape index (κ3) is 3.01. The quantitative estimate of drug-likeness (QED) is 0.762. The van der Waals surface area contributed by atoms with Crippen molar-refractivity contribution < 1.29 is 9.13 Å². The van der Waals surface area contributed by atoms with Crippen molar-refractivity contribution in [2.45, 2.75) is 12.5 Å². The van der Waals surface area contributed by atoms with E-state index in [1.165, 1.54) is 6.07 Å². The van der Waals surface area contributed by atoms with Gasteiger partial charge in [0.05, 0.1) is 6.54 Å². The number of ether oxygens (including phenoxy) is 1. The van der Waals surface area contributed by atoms with E-state index in [0.29, 0.717) is 6.54 Å². The van der Waals surface area contributed by atoms with E-state index in [1.807, 2.05) is 18.2 Å². The van der Waals surface area contributed by atoms with E-state index < -0.39 is 0 Å². The van der Waals surface area contributed by atoms with E-state index >= 15 is 0 Å². The van der Waals surface area contributed by atoms with Gasteiger partial charge in [-0.15, -0.1) is 0 Å². The molecule has 0 saturated heterocycles. The molecule has 1 aliphatic rings. The van der Waals surface area contributed by atoms with Crippen LogP contribution in [0, 0.1) is 9.39 Å². The lowest BCUT2D eigenvalue weighted by Crippen LogP contribution is -2.24. The van der Waals surface area contributed by atoms with Gasteiger partial charge in [-0.25, -0.2) is 4.39 Å². The maximum Gasteiger partial charge on any atom is 0.123 e. The predicted octanol–water partition coefficient (Wildman–Crippen LogP) is 4.50. The van der Waals surface area contributed by atoms with Crippen LogP contribution in [0.25, 0.3) is 0 Å². The number of nitrogens with one attached hydrogen (secondary N) is 1. The Morgan fingerprint density at radius 2 is 2.15 bits per heavy atom. The summed E-state index contributed by atoms with van der Waals surface area (Å²) in [6.45, 7) is 0.675. The summed E-state index contributed by atoms with van der Waals surface area (Å²) in [6.07, 6.45) is 0.753. The Morgan fingerprint density at radius 3 is 2.95 bits per heavy atom. The Bertz CT molecular complexity index is 650. The topological polar surface area (TPSA) is 21.3 Å². The molecule has 0 spiro atoms. The van der Waals surface area contributed by atoms with Gasteiger partial charge < -0.3 is 10.1 Å². The highest BCUT2D eigenvalue weighted by molar-refractivity contribution is 14.1. The fraction of sp³-hybridized carbons (Fsp3) is 0.200. The Morgan fingerprint density at radius 1 is 1.30 bits per heavy atom. The number of fused-ring (bicyclic) bond motifs is 1. The molecule has 0 fully saturated rings. The minimum absolute atomic E-state index is 0.0262. The Balaban J connectivity index is 1.63. The molecule has 2 aromatic rings. The molecule has 20 heavy (non-hydrogen) atoms. The van der Waals surface area contributed by atoms with Gasteiger partial charge in [0.25, 0.3) is 0 Å². The second-order valence-corrected chi connectivity index (χ2v) is 6.30. The van der Waals surface area contributed by atoms with E-state index in [2.05, 4.69) is 27.9 Å². The summed E-state index contributed by atoms with van der Waals surface area (Å²) in [5, 5.41) is 4.07. The molecule has 1 aliphatic heterocycles. The van der Waals surface area contributed by atoms with Gasteiger partial charge in [0.2, 0.25) is 0 Å². The summed E-state index contributed by atoms with van der Waals surface area (Å²) in [5.41, 5.74) is 1.96. The van der Waals surface area contributed by atoms with Crippen molar-refractivity contribution in [1.29, 1.82) is 0 Å². The van der Waals surface area contributed by atoms with Crippen LogP contribution >= 0.6 is 34.2 Å². The zero-order valence-corrected chi connectivity index (χ0v) is 13.4. The van der Waals surface area contributed by atoms with Crippen LogP contribution in [-0.4, -0.2) is 12.6 Å². The van der Waals surface area contributed by atoms with E-state index in [9.17, 15) is 4.39 Å². The highest BCUT2D eigenvalue weighted by atomic mass is 127. The molecular formula is C15H12ClFINO. The van der Waals surface area contributed by atoms with Gasteiger partial charge in [-0.3, -0.25) is 0 Å². The van der Waals surface area contributed by atoms with Gasteiger partial charge in [-0.1, -0.05) is 11.6 Å². The third-order valence-electron chi connectivity index (χ3n) is 3.22. The third-order valence-corrected chi connectivity index (χ3v) is 4.34. The van der Waals surface area contributed by atoms with Crippen molar-refractivity contribution in [2.75, 3.05) is 11.9 Å². The van der Waals surface area contributed by atoms with Gasteiger partial charge in [-0.05, 0) is 59.0 Å². The van der Waals surface area contributed by atoms with Crippen LogP contribution < -0.4 is 10.1 Å². The van der Waals surface area contributed by atoms with E-state index in [1.54, 1.807) is 12.1 Å². The number of halogens is 3. The van der Waals surface area contributed by atoms with Crippen molar-refractivity contribution in [2.24, 2.45) is 0 Å². The zero-order chi connectivity index (χ0) is 14.1. The van der Waals surface area contributed by atoms with Crippen LogP contribution in [0.5, 0.6) is 5.75 Å². The monoisotopic (exact) mass is 403 g/mol. The van der Waals surface area contributed by atoms with E-state index in [4.69, 9.17) is 16.3 Å². The molecule has 5 heteroatoms. The summed E-state index contributed by atoms with van der Waals surface area (Å²) in [6, 6.07) is 10.4. The molecule has 0 amide bonds. The highest BCUT2D eigenvalue weighted by Gasteiger charge is 2.23. The average molecular weight is 404 g/mol. The van der Waals surface area contributed by atoms with Crippen molar-refractivity contribution in [3.63, 3.8) is 0 Å². The minimum atomic E-state index is -0.215. The molecule has 0 aliphatic carbocycles. The van der Waals surface area contributed by atoms with Crippen LogP contribution in [0.4, 0.5) is 10.1 Å². The summed E-state index contributed by atoms with van der Waals surface area (Å²) in [7, 11) is 0. The van der Waals surface area contributed by atoms with E-state index in [-0.39, 0.29) is 11.9 Å². The second-order valence-electron chi connectivity index (χ2n) is 4.70. The van der Waals surface area contributed by atoms with Gasteiger partial charge >= 0.3 is 0 Å². The van der Waals surface area contributed by atoms with Gasteiger partial charge in [0.1, 0.15) is 17.7 Å². The largest absolute Gasteiger partial charge is 0.488 e. The average Bonchev–Trinajstić information content (AvgIpc) is 2.79. The standard InChI is InChI=1S/C15H12ClFINO/c16-10-1-3-14(13(18)7-10)19-8-12-6-9-5-11(17)2-4-15(9)20-12/h1-5,7,12,19H,6,8H2. The Hall–Kier alpha value is -1.01. The second kappa shape index (κ2) is 5.77. The van der Waals surface area contributed by atoms with Crippen molar-refractivity contribution in [3.8, 4) is 5.75 Å². The van der Waals surface area contributed by atoms with Crippen molar-refractivity contribution in [1.82, 2.24) is 0 Å². The van der Waals surface area contributed by atoms with Crippen LogP contribution in [0.1, 0.15) is 5.56 Å². The first-order valence-electron chi connectivity index (χ1n) is 6.26. The predicted molar refractivity (Wildman–Crippen MR) is 87.2 cm³/mol. The van der Waals surface area contributed by atoms with Crippen LogP contribution in [0.3, 0.4) is 0 Å². The molecule has 1 N–H and O–H groups in total. The summed E-state index contributed by atoms with van der Waals surface area (Å²) < 4.78 is 20.0. The SMILES string of the molecule is Fc1ccc2c(c1)CC(CNc1ccc(Cl)cc1I)O2. The molecule has 0 radical (unpaired) electrons. The molecule has 2 nitrogen and oxygen atoms in total. The Labute approximate surface area is 135 Å². The van der Waals surface area contributed by atoms with Crippen LogP contribution in [0.2, 0.25) is 5.02 Å². The molecule has 1 atom stereocenters. The number of benzene rings is 2. The normalized spacial score (nSPS) is 16.6. The molecule has 3 rings (SSSR count). The molecule has 104 valence electrons. The number of hydrogen-bond acceptors (Lipinski definition) is 2. The maximum atomic E-state index is 13.1. The first kappa shape index (κ1) is 13.9. The maximum absolute atomic E-state index is 13.1. The Kier molecular flexibility index (Phi) is 4.03. The summed E-state index contributed by atoms with van der Waals surface area (Å²) in [5.74, 6) is 0.567. The lowest BCUT2D eigenvalue weighted by atomic mass is 10.1. The first-order chi connectivity index (χ1) is 9.61.